The highest BCUT2D eigenvalue weighted by molar-refractivity contribution is 6.32. The standard InChI is InChI=1S/C18H19ClN2O4/c1-4-7-25-17-15(19)10-13(11-16(17)24-5-2)9-14(12-20)18(22)21-6-8-23-3/h1,9-11H,5-8H2,2-3H3,(H,21,22)/b14-9+. The number of ether oxygens (including phenoxy) is 3. The number of benzene rings is 1. The second-order valence-electron chi connectivity index (χ2n) is 4.67. The van der Waals surface area contributed by atoms with Crippen molar-refractivity contribution in [3.05, 3.63) is 28.3 Å². The monoisotopic (exact) mass is 362 g/mol. The van der Waals surface area contributed by atoms with Gasteiger partial charge in [-0.1, -0.05) is 17.5 Å². The van der Waals surface area contributed by atoms with Gasteiger partial charge in [0.25, 0.3) is 5.91 Å². The van der Waals surface area contributed by atoms with E-state index < -0.39 is 5.91 Å². The van der Waals surface area contributed by atoms with Crippen LogP contribution in [-0.2, 0) is 9.53 Å². The topological polar surface area (TPSA) is 80.6 Å². The maximum atomic E-state index is 12.0. The van der Waals surface area contributed by atoms with Crippen LogP contribution in [0.2, 0.25) is 5.02 Å². The zero-order chi connectivity index (χ0) is 18.7. The quantitative estimate of drug-likeness (QED) is 0.316. The maximum Gasteiger partial charge on any atom is 0.262 e. The summed E-state index contributed by atoms with van der Waals surface area (Å²) in [4.78, 5) is 12.0. The van der Waals surface area contributed by atoms with Crippen molar-refractivity contribution in [1.29, 1.82) is 5.26 Å². The molecule has 1 aromatic carbocycles. The molecule has 7 heteroatoms. The van der Waals surface area contributed by atoms with Gasteiger partial charge in [0.05, 0.1) is 18.2 Å². The molecule has 0 atom stereocenters. The maximum absolute atomic E-state index is 12.0. The van der Waals surface area contributed by atoms with Gasteiger partial charge in [-0.3, -0.25) is 4.79 Å². The molecule has 0 heterocycles. The summed E-state index contributed by atoms with van der Waals surface area (Å²) in [6, 6.07) is 5.05. The van der Waals surface area contributed by atoms with Crippen molar-refractivity contribution >= 4 is 23.6 Å². The SMILES string of the molecule is C#CCOc1c(Cl)cc(/C=C(\C#N)C(=O)NCCOC)cc1OCC. The molecule has 6 nitrogen and oxygen atoms in total. The number of hydrogen-bond donors (Lipinski definition) is 1. The second kappa shape index (κ2) is 11.0. The normalized spacial score (nSPS) is 10.5. The molecule has 0 aliphatic heterocycles. The van der Waals surface area contributed by atoms with Gasteiger partial charge < -0.3 is 19.5 Å². The fraction of sp³-hybridized carbons (Fsp3) is 0.333. The van der Waals surface area contributed by atoms with Crippen LogP contribution in [-0.4, -0.2) is 39.4 Å². The Labute approximate surface area is 152 Å². The first-order valence-corrected chi connectivity index (χ1v) is 7.86. The molecule has 25 heavy (non-hydrogen) atoms. The molecule has 0 bridgehead atoms. The van der Waals surface area contributed by atoms with Gasteiger partial charge >= 0.3 is 0 Å². The summed E-state index contributed by atoms with van der Waals surface area (Å²) in [6.07, 6.45) is 6.61. The van der Waals surface area contributed by atoms with Crippen LogP contribution in [0.4, 0.5) is 0 Å². The van der Waals surface area contributed by atoms with Gasteiger partial charge in [-0.25, -0.2) is 0 Å². The number of nitrogens with one attached hydrogen (secondary N) is 1. The Kier molecular flexibility index (Phi) is 8.95. The van der Waals surface area contributed by atoms with Crippen molar-refractivity contribution < 1.29 is 19.0 Å². The van der Waals surface area contributed by atoms with Gasteiger partial charge in [0.1, 0.15) is 18.2 Å². The van der Waals surface area contributed by atoms with E-state index in [0.717, 1.165) is 0 Å². The van der Waals surface area contributed by atoms with Gasteiger partial charge in [0.15, 0.2) is 11.5 Å². The molecule has 0 radical (unpaired) electrons. The predicted octanol–water partition coefficient (Wildman–Crippen LogP) is 2.42. The minimum atomic E-state index is -0.499. The molecule has 0 aromatic heterocycles. The number of hydrogen-bond acceptors (Lipinski definition) is 5. The third-order valence-corrected chi connectivity index (χ3v) is 3.18. The van der Waals surface area contributed by atoms with E-state index >= 15 is 0 Å². The number of amides is 1. The lowest BCUT2D eigenvalue weighted by Crippen LogP contribution is -2.27. The minimum Gasteiger partial charge on any atom is -0.490 e. The van der Waals surface area contributed by atoms with Crippen molar-refractivity contribution in [3.8, 4) is 29.9 Å². The van der Waals surface area contributed by atoms with Crippen LogP contribution in [0, 0.1) is 23.7 Å². The highest BCUT2D eigenvalue weighted by Gasteiger charge is 2.14. The van der Waals surface area contributed by atoms with Crippen LogP contribution in [0.5, 0.6) is 11.5 Å². The van der Waals surface area contributed by atoms with Crippen LogP contribution in [0.15, 0.2) is 17.7 Å². The van der Waals surface area contributed by atoms with Crippen molar-refractivity contribution in [2.24, 2.45) is 0 Å². The van der Waals surface area contributed by atoms with E-state index in [2.05, 4.69) is 11.2 Å². The number of rotatable bonds is 9. The molecule has 0 fully saturated rings. The average Bonchev–Trinajstić information content (AvgIpc) is 2.59. The van der Waals surface area contributed by atoms with Gasteiger partial charge in [-0.15, -0.1) is 6.42 Å². The fourth-order valence-electron chi connectivity index (χ4n) is 1.87. The van der Waals surface area contributed by atoms with Gasteiger partial charge in [0.2, 0.25) is 0 Å². The van der Waals surface area contributed by atoms with Gasteiger partial charge in [0, 0.05) is 13.7 Å². The molecule has 0 unspecified atom stereocenters. The number of methoxy groups -OCH3 is 1. The van der Waals surface area contributed by atoms with E-state index in [1.54, 1.807) is 12.1 Å². The Hall–Kier alpha value is -2.67. The summed E-state index contributed by atoms with van der Waals surface area (Å²) in [7, 11) is 1.52. The summed E-state index contributed by atoms with van der Waals surface area (Å²) in [5.74, 6) is 2.56. The van der Waals surface area contributed by atoms with Gasteiger partial charge in [-0.2, -0.15) is 5.26 Å². The molecular weight excluding hydrogens is 344 g/mol. The van der Waals surface area contributed by atoms with Crippen molar-refractivity contribution in [2.75, 3.05) is 33.5 Å². The summed E-state index contributed by atoms with van der Waals surface area (Å²) in [6.45, 7) is 2.90. The second-order valence-corrected chi connectivity index (χ2v) is 5.08. The van der Waals surface area contributed by atoms with E-state index in [0.29, 0.717) is 36.8 Å². The molecule has 0 spiro atoms. The molecule has 1 N–H and O–H groups in total. The first-order valence-electron chi connectivity index (χ1n) is 7.48. The smallest absolute Gasteiger partial charge is 0.262 e. The van der Waals surface area contributed by atoms with Crippen LogP contribution >= 0.6 is 11.6 Å². The van der Waals surface area contributed by atoms with Crippen molar-refractivity contribution in [1.82, 2.24) is 5.32 Å². The van der Waals surface area contributed by atoms with Crippen LogP contribution in [0.1, 0.15) is 12.5 Å². The summed E-state index contributed by atoms with van der Waals surface area (Å²) < 4.78 is 15.7. The van der Waals surface area contributed by atoms with E-state index in [-0.39, 0.29) is 17.2 Å². The molecular formula is C18H19ClN2O4. The zero-order valence-electron chi connectivity index (χ0n) is 14.1. The largest absolute Gasteiger partial charge is 0.490 e. The molecule has 0 saturated carbocycles. The van der Waals surface area contributed by atoms with Crippen LogP contribution in [0.3, 0.4) is 0 Å². The Morgan fingerprint density at radius 2 is 2.20 bits per heavy atom. The zero-order valence-corrected chi connectivity index (χ0v) is 14.9. The first-order chi connectivity index (χ1) is 12.1. The summed E-state index contributed by atoms with van der Waals surface area (Å²) in [5, 5.41) is 12.1. The van der Waals surface area contributed by atoms with Crippen LogP contribution < -0.4 is 14.8 Å². The van der Waals surface area contributed by atoms with E-state index in [4.69, 9.17) is 32.2 Å². The van der Waals surface area contributed by atoms with Crippen molar-refractivity contribution in [3.63, 3.8) is 0 Å². The molecule has 0 aliphatic carbocycles. The minimum absolute atomic E-state index is 0.0420. The van der Waals surface area contributed by atoms with E-state index in [1.165, 1.54) is 13.2 Å². The lowest BCUT2D eigenvalue weighted by molar-refractivity contribution is -0.117. The Bertz CT molecular complexity index is 717. The molecule has 0 aliphatic rings. The lowest BCUT2D eigenvalue weighted by atomic mass is 10.1. The average molecular weight is 363 g/mol. The number of nitrogens with zero attached hydrogens (tertiary/aromatic N) is 1. The van der Waals surface area contributed by atoms with Crippen molar-refractivity contribution in [2.45, 2.75) is 6.92 Å². The predicted molar refractivity (Wildman–Crippen MR) is 95.4 cm³/mol. The highest BCUT2D eigenvalue weighted by atomic mass is 35.5. The molecule has 0 saturated heterocycles. The summed E-state index contributed by atoms with van der Waals surface area (Å²) >= 11 is 6.21. The first kappa shape index (κ1) is 20.4. The van der Waals surface area contributed by atoms with Gasteiger partial charge in [-0.05, 0) is 30.7 Å². The third kappa shape index (κ3) is 6.39. The number of carbonyl (C=O) groups excluding carboxylic acids is 1. The molecule has 1 amide bonds. The highest BCUT2D eigenvalue weighted by Crippen LogP contribution is 2.37. The molecule has 132 valence electrons. The molecule has 1 aromatic rings. The third-order valence-electron chi connectivity index (χ3n) is 2.90. The Balaban J connectivity index is 3.12. The number of nitriles is 1. The number of carbonyl (C=O) groups is 1. The Morgan fingerprint density at radius 3 is 2.80 bits per heavy atom. The molecule has 1 rings (SSSR count). The van der Waals surface area contributed by atoms with E-state index in [1.807, 2.05) is 13.0 Å². The fourth-order valence-corrected chi connectivity index (χ4v) is 2.14. The number of terminal acetylenes is 1. The van der Waals surface area contributed by atoms with Crippen LogP contribution in [0.25, 0.3) is 6.08 Å². The summed E-state index contributed by atoms with van der Waals surface area (Å²) in [5.41, 5.74) is 0.465. The number of halogens is 1. The Morgan fingerprint density at radius 1 is 1.44 bits per heavy atom. The van der Waals surface area contributed by atoms with E-state index in [9.17, 15) is 10.1 Å². The lowest BCUT2D eigenvalue weighted by Gasteiger charge is -2.13.